The van der Waals surface area contributed by atoms with Crippen LogP contribution < -0.4 is 0 Å². The number of rotatable bonds is 6. The van der Waals surface area contributed by atoms with Crippen LogP contribution >= 0.6 is 0 Å². The first-order chi connectivity index (χ1) is 11.0. The normalized spacial score (nSPS) is 12.5. The molecule has 9 heteroatoms. The minimum Gasteiger partial charge on any atom is -0.463 e. The Balaban J connectivity index is 4.51. The molecular weight excluding hydrogens is 346 g/mol. The SMILES string of the molecule is CC(C)(C)OC(=O)ON(CCC(=O)CO[Si](C)(C)C(C)(C)C)C(=O)O. The third-order valence-electron chi connectivity index (χ3n) is 3.78. The molecular formula is C16H31NO7Si. The van der Waals surface area contributed by atoms with Gasteiger partial charge in [-0.05, 0) is 38.9 Å². The number of Topliss-reactive ketones (excluding diaryl/α,β-unsaturated/α-hetero) is 1. The van der Waals surface area contributed by atoms with Gasteiger partial charge in [0.1, 0.15) is 5.60 Å². The second kappa shape index (κ2) is 8.66. The number of carbonyl (C=O) groups excluding carboxylic acids is 2. The van der Waals surface area contributed by atoms with Crippen molar-refractivity contribution in [1.29, 1.82) is 0 Å². The van der Waals surface area contributed by atoms with E-state index in [0.717, 1.165) is 0 Å². The highest BCUT2D eigenvalue weighted by Gasteiger charge is 2.37. The van der Waals surface area contributed by atoms with Gasteiger partial charge < -0.3 is 19.1 Å². The first kappa shape index (κ1) is 23.4. The Morgan fingerprint density at radius 3 is 1.96 bits per heavy atom. The van der Waals surface area contributed by atoms with E-state index in [9.17, 15) is 14.4 Å². The highest BCUT2D eigenvalue weighted by atomic mass is 28.4. The molecule has 25 heavy (non-hydrogen) atoms. The van der Waals surface area contributed by atoms with Crippen LogP contribution in [0.15, 0.2) is 0 Å². The van der Waals surface area contributed by atoms with Gasteiger partial charge in [0.05, 0.1) is 13.2 Å². The molecule has 0 spiro atoms. The van der Waals surface area contributed by atoms with Gasteiger partial charge in [-0.3, -0.25) is 4.79 Å². The second-order valence-electron chi connectivity index (χ2n) is 8.28. The highest BCUT2D eigenvalue weighted by molar-refractivity contribution is 6.74. The van der Waals surface area contributed by atoms with Crippen molar-refractivity contribution in [3.05, 3.63) is 0 Å². The van der Waals surface area contributed by atoms with Crippen LogP contribution in [-0.2, 0) is 18.8 Å². The summed E-state index contributed by atoms with van der Waals surface area (Å²) in [7, 11) is -2.05. The number of amides is 1. The van der Waals surface area contributed by atoms with E-state index < -0.39 is 26.2 Å². The molecule has 0 aliphatic carbocycles. The summed E-state index contributed by atoms with van der Waals surface area (Å²) in [5.74, 6) is -0.260. The smallest absolute Gasteiger partial charge is 0.463 e. The Bertz CT molecular complexity index is 492. The highest BCUT2D eigenvalue weighted by Crippen LogP contribution is 2.36. The number of nitrogens with zero attached hydrogens (tertiary/aromatic N) is 1. The summed E-state index contributed by atoms with van der Waals surface area (Å²) >= 11 is 0. The van der Waals surface area contributed by atoms with Crippen molar-refractivity contribution in [3.8, 4) is 0 Å². The lowest BCUT2D eigenvalue weighted by Crippen LogP contribution is -2.42. The van der Waals surface area contributed by atoms with Crippen LogP contribution in [0.25, 0.3) is 0 Å². The van der Waals surface area contributed by atoms with Crippen LogP contribution in [-0.4, -0.2) is 55.3 Å². The van der Waals surface area contributed by atoms with Crippen molar-refractivity contribution in [1.82, 2.24) is 5.06 Å². The average Bonchev–Trinajstić information content (AvgIpc) is 2.37. The van der Waals surface area contributed by atoms with Gasteiger partial charge in [-0.2, -0.15) is 0 Å². The summed E-state index contributed by atoms with van der Waals surface area (Å²) in [6, 6.07) is 0. The minimum atomic E-state index is -2.05. The lowest BCUT2D eigenvalue weighted by Gasteiger charge is -2.35. The van der Waals surface area contributed by atoms with Crippen molar-refractivity contribution in [2.24, 2.45) is 0 Å². The predicted molar refractivity (Wildman–Crippen MR) is 94.8 cm³/mol. The van der Waals surface area contributed by atoms with E-state index >= 15 is 0 Å². The summed E-state index contributed by atoms with van der Waals surface area (Å²) in [6.45, 7) is 14.7. The van der Waals surface area contributed by atoms with Crippen LogP contribution in [0.5, 0.6) is 0 Å². The summed E-state index contributed by atoms with van der Waals surface area (Å²) < 4.78 is 10.7. The number of hydrogen-bond donors (Lipinski definition) is 1. The monoisotopic (exact) mass is 377 g/mol. The molecule has 0 aromatic carbocycles. The number of ether oxygens (including phenoxy) is 1. The Morgan fingerprint density at radius 2 is 1.56 bits per heavy atom. The lowest BCUT2D eigenvalue weighted by molar-refractivity contribution is -0.133. The first-order valence-corrected chi connectivity index (χ1v) is 11.0. The molecule has 0 aliphatic heterocycles. The zero-order valence-electron chi connectivity index (χ0n) is 16.5. The molecule has 0 saturated heterocycles. The molecule has 0 rings (SSSR count). The fourth-order valence-corrected chi connectivity index (χ4v) is 2.27. The zero-order chi connectivity index (χ0) is 20.1. The molecule has 1 amide bonds. The van der Waals surface area contributed by atoms with E-state index in [1.54, 1.807) is 20.8 Å². The van der Waals surface area contributed by atoms with Crippen molar-refractivity contribution in [2.45, 2.75) is 71.7 Å². The molecule has 8 nitrogen and oxygen atoms in total. The maximum Gasteiger partial charge on any atom is 0.534 e. The number of carbonyl (C=O) groups is 3. The third-order valence-corrected chi connectivity index (χ3v) is 8.26. The fraction of sp³-hybridized carbons (Fsp3) is 0.812. The van der Waals surface area contributed by atoms with Crippen LogP contribution in [0, 0.1) is 0 Å². The molecule has 0 unspecified atom stereocenters. The van der Waals surface area contributed by atoms with Crippen LogP contribution in [0.4, 0.5) is 9.59 Å². The molecule has 0 bridgehead atoms. The average molecular weight is 378 g/mol. The summed E-state index contributed by atoms with van der Waals surface area (Å²) in [6.07, 6.45) is -2.74. The maximum absolute atomic E-state index is 12.0. The molecule has 1 N–H and O–H groups in total. The maximum atomic E-state index is 12.0. The largest absolute Gasteiger partial charge is 0.534 e. The standard InChI is InChI=1S/C16H31NO7Si/c1-15(2,3)23-14(21)24-17(13(19)20)10-9-12(18)11-22-25(7,8)16(4,5)6/h9-11H2,1-8H3,(H,19,20). The van der Waals surface area contributed by atoms with Gasteiger partial charge in [0.2, 0.25) is 0 Å². The zero-order valence-corrected chi connectivity index (χ0v) is 17.5. The van der Waals surface area contributed by atoms with Gasteiger partial charge in [0.15, 0.2) is 14.1 Å². The fourth-order valence-electron chi connectivity index (χ4n) is 1.31. The van der Waals surface area contributed by atoms with Crippen LogP contribution in [0.3, 0.4) is 0 Å². The van der Waals surface area contributed by atoms with E-state index in [1.807, 2.05) is 13.1 Å². The van der Waals surface area contributed by atoms with Crippen LogP contribution in [0.1, 0.15) is 48.0 Å². The van der Waals surface area contributed by atoms with Gasteiger partial charge in [-0.15, -0.1) is 5.06 Å². The quantitative estimate of drug-likeness (QED) is 0.426. The molecule has 0 saturated carbocycles. The van der Waals surface area contributed by atoms with Crippen LogP contribution in [0.2, 0.25) is 18.1 Å². The Morgan fingerprint density at radius 1 is 1.04 bits per heavy atom. The van der Waals surface area contributed by atoms with Gasteiger partial charge in [0.25, 0.3) is 0 Å². The predicted octanol–water partition coefficient (Wildman–Crippen LogP) is 3.81. The van der Waals surface area contributed by atoms with Gasteiger partial charge >= 0.3 is 12.2 Å². The van der Waals surface area contributed by atoms with Crippen molar-refractivity contribution < 1.29 is 33.5 Å². The summed E-state index contributed by atoms with van der Waals surface area (Å²) in [5.41, 5.74) is -0.811. The van der Waals surface area contributed by atoms with E-state index in [0.29, 0.717) is 5.06 Å². The van der Waals surface area contributed by atoms with Crippen molar-refractivity contribution in [3.63, 3.8) is 0 Å². The molecule has 0 aliphatic rings. The number of ketones is 1. The van der Waals surface area contributed by atoms with E-state index in [2.05, 4.69) is 25.6 Å². The molecule has 0 heterocycles. The number of hydrogen-bond acceptors (Lipinski definition) is 6. The van der Waals surface area contributed by atoms with Crippen molar-refractivity contribution in [2.75, 3.05) is 13.2 Å². The number of carboxylic acid groups (broad SMARTS) is 1. The molecule has 0 atom stereocenters. The van der Waals surface area contributed by atoms with Gasteiger partial charge in [0, 0.05) is 6.42 Å². The Hall–Kier alpha value is -1.61. The molecule has 146 valence electrons. The van der Waals surface area contributed by atoms with E-state index in [1.165, 1.54) is 0 Å². The summed E-state index contributed by atoms with van der Waals surface area (Å²) in [4.78, 5) is 39.2. The molecule has 0 aromatic rings. The topological polar surface area (TPSA) is 102 Å². The first-order valence-electron chi connectivity index (χ1n) is 8.12. The summed E-state index contributed by atoms with van der Waals surface area (Å²) in [5, 5.41) is 9.42. The molecule has 0 fully saturated rings. The number of hydroxylamine groups is 2. The minimum absolute atomic E-state index is 0.0276. The van der Waals surface area contributed by atoms with E-state index in [-0.39, 0.29) is 30.4 Å². The van der Waals surface area contributed by atoms with Crippen molar-refractivity contribution >= 4 is 26.3 Å². The third kappa shape index (κ3) is 9.44. The Kier molecular flexibility index (Phi) is 8.10. The second-order valence-corrected chi connectivity index (χ2v) is 13.1. The lowest BCUT2D eigenvalue weighted by atomic mass is 10.2. The molecule has 0 radical (unpaired) electrons. The van der Waals surface area contributed by atoms with Gasteiger partial charge in [-0.25, -0.2) is 9.59 Å². The van der Waals surface area contributed by atoms with Gasteiger partial charge in [-0.1, -0.05) is 20.8 Å². The Labute approximate surface area is 150 Å². The molecule has 0 aromatic heterocycles. The van der Waals surface area contributed by atoms with E-state index in [4.69, 9.17) is 14.3 Å².